The van der Waals surface area contributed by atoms with Crippen LogP contribution >= 0.6 is 22.6 Å². The van der Waals surface area contributed by atoms with E-state index in [1.807, 2.05) is 6.07 Å². The van der Waals surface area contributed by atoms with Crippen LogP contribution in [0.5, 0.6) is 5.75 Å². The topological polar surface area (TPSA) is 33.1 Å². The first-order valence-corrected chi connectivity index (χ1v) is 4.49. The molecular formula is C9H5INOV-. The summed E-state index contributed by atoms with van der Waals surface area (Å²) < 4.78 is 1.05. The summed E-state index contributed by atoms with van der Waals surface area (Å²) in [4.78, 5) is 4.15. The van der Waals surface area contributed by atoms with Crippen LogP contribution in [0.3, 0.4) is 0 Å². The Labute approximate surface area is 101 Å². The van der Waals surface area contributed by atoms with E-state index in [1.54, 1.807) is 12.3 Å². The number of aromatic nitrogens is 1. The number of benzene rings is 1. The van der Waals surface area contributed by atoms with Crippen molar-refractivity contribution in [3.63, 3.8) is 0 Å². The molecule has 0 aliphatic rings. The van der Waals surface area contributed by atoms with Crippen molar-refractivity contribution in [1.82, 2.24) is 4.98 Å². The average Bonchev–Trinajstić information content (AvgIpc) is 2.03. The molecule has 0 aliphatic heterocycles. The quantitative estimate of drug-likeness (QED) is 0.597. The Bertz CT molecular complexity index is 396. The molecular weight excluding hydrogens is 316 g/mol. The predicted octanol–water partition coefficient (Wildman–Crippen LogP) is 2.34. The zero-order valence-corrected chi connectivity index (χ0v) is 10.1. The van der Waals surface area contributed by atoms with Crippen LogP contribution in [0.1, 0.15) is 0 Å². The van der Waals surface area contributed by atoms with Crippen molar-refractivity contribution in [1.29, 1.82) is 0 Å². The van der Waals surface area contributed by atoms with Gasteiger partial charge < -0.3 is 5.11 Å². The van der Waals surface area contributed by atoms with Gasteiger partial charge in [-0.15, -0.1) is 17.5 Å². The van der Waals surface area contributed by atoms with E-state index in [1.165, 1.54) is 6.07 Å². The average molecular weight is 321 g/mol. The molecule has 1 aromatic heterocycles. The predicted molar refractivity (Wildman–Crippen MR) is 55.0 cm³/mol. The molecule has 1 aromatic carbocycles. The van der Waals surface area contributed by atoms with Gasteiger partial charge in [0.1, 0.15) is 0 Å². The first kappa shape index (κ1) is 10.8. The summed E-state index contributed by atoms with van der Waals surface area (Å²) in [5, 5.41) is 10.1. The smallest absolute Gasteiger partial charge is 0.0372 e. The maximum atomic E-state index is 9.16. The Morgan fingerprint density at radius 3 is 2.92 bits per heavy atom. The van der Waals surface area contributed by atoms with E-state index in [0.29, 0.717) is 0 Å². The molecule has 2 aromatic rings. The summed E-state index contributed by atoms with van der Waals surface area (Å²) in [6.07, 6.45) is 1.77. The minimum absolute atomic E-state index is 0. The van der Waals surface area contributed by atoms with Gasteiger partial charge in [-0.2, -0.15) is 6.07 Å². The molecule has 0 unspecified atom stereocenters. The summed E-state index contributed by atoms with van der Waals surface area (Å²) in [6, 6.07) is 8.04. The Morgan fingerprint density at radius 2 is 2.15 bits per heavy atom. The van der Waals surface area contributed by atoms with Crippen molar-refractivity contribution >= 4 is 33.5 Å². The van der Waals surface area contributed by atoms with E-state index >= 15 is 0 Å². The van der Waals surface area contributed by atoms with Gasteiger partial charge in [0.2, 0.25) is 0 Å². The van der Waals surface area contributed by atoms with Gasteiger partial charge in [-0.05, 0) is 28.1 Å². The first-order valence-electron chi connectivity index (χ1n) is 3.42. The van der Waals surface area contributed by atoms with E-state index in [0.717, 1.165) is 14.5 Å². The maximum Gasteiger partial charge on any atom is 0.0372 e. The molecule has 13 heavy (non-hydrogen) atoms. The normalized spacial score (nSPS) is 9.62. The third-order valence-corrected chi connectivity index (χ3v) is 2.13. The van der Waals surface area contributed by atoms with Crippen LogP contribution in [0.2, 0.25) is 0 Å². The molecule has 0 fully saturated rings. The van der Waals surface area contributed by atoms with Crippen LogP contribution in [0, 0.1) is 9.64 Å². The zero-order chi connectivity index (χ0) is 8.55. The van der Waals surface area contributed by atoms with Crippen molar-refractivity contribution < 1.29 is 23.7 Å². The van der Waals surface area contributed by atoms with Gasteiger partial charge in [-0.3, -0.25) is 4.98 Å². The second-order valence-electron chi connectivity index (χ2n) is 2.45. The molecule has 0 saturated carbocycles. The zero-order valence-electron chi connectivity index (χ0n) is 6.53. The first-order chi connectivity index (χ1) is 5.75. The number of rotatable bonds is 0. The molecule has 1 heterocycles. The monoisotopic (exact) mass is 321 g/mol. The van der Waals surface area contributed by atoms with E-state index in [-0.39, 0.29) is 24.3 Å². The molecule has 4 heteroatoms. The molecule has 1 radical (unpaired) electrons. The molecule has 1 N–H and O–H groups in total. The molecule has 0 amide bonds. The second kappa shape index (κ2) is 4.31. The van der Waals surface area contributed by atoms with Gasteiger partial charge in [-0.1, -0.05) is 6.07 Å². The van der Waals surface area contributed by atoms with Crippen molar-refractivity contribution in [2.75, 3.05) is 0 Å². The Morgan fingerprint density at radius 1 is 1.38 bits per heavy atom. The Hall–Kier alpha value is -0.256. The number of phenols is 1. The Balaban J connectivity index is 0.000000845. The van der Waals surface area contributed by atoms with Crippen LogP contribution < -0.4 is 0 Å². The molecule has 0 spiro atoms. The fourth-order valence-corrected chi connectivity index (χ4v) is 1.50. The van der Waals surface area contributed by atoms with Gasteiger partial charge in [0.05, 0.1) is 0 Å². The number of hydrogen-bond donors (Lipinski definition) is 1. The van der Waals surface area contributed by atoms with E-state index in [4.69, 9.17) is 5.11 Å². The summed E-state index contributed by atoms with van der Waals surface area (Å²) in [7, 11) is 0. The van der Waals surface area contributed by atoms with Crippen LogP contribution in [0.25, 0.3) is 10.9 Å². The number of aromatic hydroxyl groups is 1. The SMILES string of the molecule is Oc1c[c-]c2ncc(I)cc2c1.[V]. The third-order valence-electron chi connectivity index (χ3n) is 1.54. The minimum Gasteiger partial charge on any atom is -0.566 e. The van der Waals surface area contributed by atoms with Crippen LogP contribution in [-0.2, 0) is 18.6 Å². The van der Waals surface area contributed by atoms with Crippen molar-refractivity contribution in [3.05, 3.63) is 34.0 Å². The fraction of sp³-hybridized carbons (Fsp3) is 0. The summed E-state index contributed by atoms with van der Waals surface area (Å²) in [6.45, 7) is 0. The number of halogens is 1. The van der Waals surface area contributed by atoms with Crippen LogP contribution in [0.15, 0.2) is 24.4 Å². The molecule has 0 bridgehead atoms. The van der Waals surface area contributed by atoms with Crippen LogP contribution in [0.4, 0.5) is 0 Å². The molecule has 0 aliphatic carbocycles. The number of nitrogens with zero attached hydrogens (tertiary/aromatic N) is 1. The molecule has 2 rings (SSSR count). The van der Waals surface area contributed by atoms with Crippen LogP contribution in [-0.4, -0.2) is 10.1 Å². The van der Waals surface area contributed by atoms with Crippen molar-refractivity contribution in [2.24, 2.45) is 0 Å². The van der Waals surface area contributed by atoms with Gasteiger partial charge in [-0.25, -0.2) is 0 Å². The molecule has 0 saturated heterocycles. The molecule has 0 atom stereocenters. The van der Waals surface area contributed by atoms with Gasteiger partial charge in [0.15, 0.2) is 0 Å². The summed E-state index contributed by atoms with van der Waals surface area (Å²) >= 11 is 2.18. The molecule has 2 nitrogen and oxygen atoms in total. The number of phenolic OH excluding ortho intramolecular Hbond substituents is 1. The third kappa shape index (κ3) is 2.36. The second-order valence-corrected chi connectivity index (χ2v) is 3.69. The molecule has 65 valence electrons. The maximum absolute atomic E-state index is 9.16. The van der Waals surface area contributed by atoms with E-state index < -0.39 is 0 Å². The number of pyridine rings is 1. The largest absolute Gasteiger partial charge is 0.566 e. The van der Waals surface area contributed by atoms with Crippen molar-refractivity contribution in [2.45, 2.75) is 0 Å². The van der Waals surface area contributed by atoms with Gasteiger partial charge in [0, 0.05) is 34.1 Å². The van der Waals surface area contributed by atoms with Gasteiger partial charge in [0.25, 0.3) is 0 Å². The fourth-order valence-electron chi connectivity index (χ4n) is 1.03. The Kier molecular flexibility index (Phi) is 3.58. The standard InChI is InChI=1S/C9H5INO.V/c10-7-3-6-4-8(12)1-2-9(6)11-5-7;/h1,3-5,12H;/q-1;. The van der Waals surface area contributed by atoms with E-state index in [9.17, 15) is 0 Å². The summed E-state index contributed by atoms with van der Waals surface area (Å²) in [5.41, 5.74) is 0.785. The number of fused-ring (bicyclic) bond motifs is 1. The van der Waals surface area contributed by atoms with E-state index in [2.05, 4.69) is 33.6 Å². The summed E-state index contributed by atoms with van der Waals surface area (Å²) in [5.74, 6) is 0.228. The van der Waals surface area contributed by atoms with Crippen molar-refractivity contribution in [3.8, 4) is 5.75 Å². The minimum atomic E-state index is 0. The van der Waals surface area contributed by atoms with Gasteiger partial charge >= 0.3 is 0 Å². The number of hydrogen-bond acceptors (Lipinski definition) is 2.